The van der Waals surface area contributed by atoms with Gasteiger partial charge in [-0.15, -0.1) is 0 Å². The average molecular weight is 313 g/mol. The molecule has 1 rings (SSSR count). The van der Waals surface area contributed by atoms with E-state index < -0.39 is 0 Å². The Morgan fingerprint density at radius 1 is 1.39 bits per heavy atom. The third-order valence-corrected chi connectivity index (χ3v) is 3.36. The molecule has 1 aromatic carbocycles. The van der Waals surface area contributed by atoms with Crippen molar-refractivity contribution >= 4 is 27.7 Å². The zero-order chi connectivity index (χ0) is 13.7. The van der Waals surface area contributed by atoms with Gasteiger partial charge in [0.1, 0.15) is 0 Å². The number of likely N-dealkylation sites (N-methyl/N-ethyl adjacent to an activating group) is 1. The predicted octanol–water partition coefficient (Wildman–Crippen LogP) is 1.97. The number of amides is 2. The summed E-state index contributed by atoms with van der Waals surface area (Å²) in [4.78, 5) is 25.0. The molecule has 0 bridgehead atoms. The molecule has 0 saturated carbocycles. The van der Waals surface area contributed by atoms with Crippen molar-refractivity contribution in [3.8, 4) is 0 Å². The number of nitrogens with one attached hydrogen (secondary N) is 1. The number of carbonyl (C=O) groups excluding carboxylic acids is 2. The maximum absolute atomic E-state index is 11.9. The monoisotopic (exact) mass is 312 g/mol. The van der Waals surface area contributed by atoms with Gasteiger partial charge in [0.05, 0.1) is 12.1 Å². The van der Waals surface area contributed by atoms with E-state index in [4.69, 9.17) is 0 Å². The lowest BCUT2D eigenvalue weighted by Crippen LogP contribution is -2.38. The third-order valence-electron chi connectivity index (χ3n) is 2.67. The van der Waals surface area contributed by atoms with E-state index >= 15 is 0 Å². The molecule has 0 unspecified atom stereocenters. The maximum atomic E-state index is 11.9. The van der Waals surface area contributed by atoms with Gasteiger partial charge in [0.2, 0.25) is 5.91 Å². The van der Waals surface area contributed by atoms with E-state index in [2.05, 4.69) is 21.2 Å². The summed E-state index contributed by atoms with van der Waals surface area (Å²) < 4.78 is 0.724. The first-order valence-electron chi connectivity index (χ1n) is 5.74. The highest BCUT2D eigenvalue weighted by molar-refractivity contribution is 9.10. The van der Waals surface area contributed by atoms with Crippen LogP contribution in [-0.4, -0.2) is 36.9 Å². The van der Waals surface area contributed by atoms with E-state index in [0.29, 0.717) is 12.1 Å². The Morgan fingerprint density at radius 2 is 2.06 bits per heavy atom. The molecular formula is C13H17BrN2O2. The van der Waals surface area contributed by atoms with Crippen LogP contribution < -0.4 is 5.32 Å². The Balaban J connectivity index is 2.66. The van der Waals surface area contributed by atoms with Gasteiger partial charge in [-0.2, -0.15) is 0 Å². The molecule has 0 fully saturated rings. The van der Waals surface area contributed by atoms with Crippen molar-refractivity contribution in [3.05, 3.63) is 33.8 Å². The Kier molecular flexibility index (Phi) is 5.34. The SMILES string of the molecule is CCN(C)C(=O)CNC(=O)c1cc(C)ccc1Br. The van der Waals surface area contributed by atoms with Crippen LogP contribution in [-0.2, 0) is 4.79 Å². The summed E-state index contributed by atoms with van der Waals surface area (Å²) in [6.45, 7) is 4.45. The lowest BCUT2D eigenvalue weighted by molar-refractivity contribution is -0.128. The maximum Gasteiger partial charge on any atom is 0.252 e. The molecule has 0 spiro atoms. The second-order valence-electron chi connectivity index (χ2n) is 4.07. The van der Waals surface area contributed by atoms with Crippen LogP contribution in [0.1, 0.15) is 22.8 Å². The molecule has 1 aromatic rings. The number of hydrogen-bond acceptors (Lipinski definition) is 2. The van der Waals surface area contributed by atoms with Crippen molar-refractivity contribution in [1.82, 2.24) is 10.2 Å². The molecule has 0 heterocycles. The van der Waals surface area contributed by atoms with Crippen LogP contribution in [0, 0.1) is 6.92 Å². The van der Waals surface area contributed by atoms with Crippen molar-refractivity contribution in [2.45, 2.75) is 13.8 Å². The van der Waals surface area contributed by atoms with Crippen molar-refractivity contribution < 1.29 is 9.59 Å². The molecule has 98 valence electrons. The quantitative estimate of drug-likeness (QED) is 0.924. The molecule has 4 nitrogen and oxygen atoms in total. The minimum Gasteiger partial charge on any atom is -0.345 e. The molecule has 0 aliphatic carbocycles. The minimum absolute atomic E-state index is 0.0174. The van der Waals surface area contributed by atoms with Crippen LogP contribution >= 0.6 is 15.9 Å². The second kappa shape index (κ2) is 6.54. The summed E-state index contributed by atoms with van der Waals surface area (Å²) in [6, 6.07) is 5.52. The number of aryl methyl sites for hydroxylation is 1. The fourth-order valence-corrected chi connectivity index (χ4v) is 1.80. The smallest absolute Gasteiger partial charge is 0.252 e. The van der Waals surface area contributed by atoms with Crippen LogP contribution in [0.2, 0.25) is 0 Å². The Hall–Kier alpha value is -1.36. The highest BCUT2D eigenvalue weighted by Crippen LogP contribution is 2.17. The molecule has 0 aromatic heterocycles. The Labute approximate surface area is 115 Å². The van der Waals surface area contributed by atoms with E-state index in [1.165, 1.54) is 0 Å². The fourth-order valence-electron chi connectivity index (χ4n) is 1.38. The van der Waals surface area contributed by atoms with Crippen molar-refractivity contribution in [3.63, 3.8) is 0 Å². The summed E-state index contributed by atoms with van der Waals surface area (Å²) in [6.07, 6.45) is 0. The van der Waals surface area contributed by atoms with Crippen LogP contribution in [0.15, 0.2) is 22.7 Å². The molecule has 0 radical (unpaired) electrons. The number of carbonyl (C=O) groups is 2. The molecule has 18 heavy (non-hydrogen) atoms. The van der Waals surface area contributed by atoms with E-state index in [9.17, 15) is 9.59 Å². The van der Waals surface area contributed by atoms with Crippen molar-refractivity contribution in [2.75, 3.05) is 20.1 Å². The standard InChI is InChI=1S/C13H17BrN2O2/c1-4-16(3)12(17)8-15-13(18)10-7-9(2)5-6-11(10)14/h5-7H,4,8H2,1-3H3,(H,15,18). The van der Waals surface area contributed by atoms with Gasteiger partial charge >= 0.3 is 0 Å². The first-order valence-corrected chi connectivity index (χ1v) is 6.53. The van der Waals surface area contributed by atoms with Gasteiger partial charge < -0.3 is 10.2 Å². The topological polar surface area (TPSA) is 49.4 Å². The fraction of sp³-hybridized carbons (Fsp3) is 0.385. The number of rotatable bonds is 4. The number of nitrogens with zero attached hydrogens (tertiary/aromatic N) is 1. The number of halogens is 1. The third kappa shape index (κ3) is 3.84. The van der Waals surface area contributed by atoms with Crippen LogP contribution in [0.25, 0.3) is 0 Å². The molecule has 2 amide bonds. The average Bonchev–Trinajstić information content (AvgIpc) is 2.37. The molecule has 0 aliphatic heterocycles. The highest BCUT2D eigenvalue weighted by atomic mass is 79.9. The Bertz CT molecular complexity index is 460. The first kappa shape index (κ1) is 14.7. The van der Waals surface area contributed by atoms with Gasteiger partial charge in [-0.3, -0.25) is 9.59 Å². The highest BCUT2D eigenvalue weighted by Gasteiger charge is 2.12. The zero-order valence-corrected chi connectivity index (χ0v) is 12.4. The number of hydrogen-bond donors (Lipinski definition) is 1. The second-order valence-corrected chi connectivity index (χ2v) is 4.93. The van der Waals surface area contributed by atoms with E-state index in [1.54, 1.807) is 18.0 Å². The molecule has 0 saturated heterocycles. The lowest BCUT2D eigenvalue weighted by Gasteiger charge is -2.15. The Morgan fingerprint density at radius 3 is 2.67 bits per heavy atom. The summed E-state index contributed by atoms with van der Waals surface area (Å²) in [7, 11) is 1.71. The summed E-state index contributed by atoms with van der Waals surface area (Å²) in [5, 5.41) is 2.62. The van der Waals surface area contributed by atoms with Crippen molar-refractivity contribution in [1.29, 1.82) is 0 Å². The van der Waals surface area contributed by atoms with Crippen LogP contribution in [0.3, 0.4) is 0 Å². The largest absolute Gasteiger partial charge is 0.345 e. The summed E-state index contributed by atoms with van der Waals surface area (Å²) >= 11 is 3.32. The van der Waals surface area contributed by atoms with Gasteiger partial charge in [-0.05, 0) is 41.9 Å². The molecule has 1 N–H and O–H groups in total. The van der Waals surface area contributed by atoms with Gasteiger partial charge in [-0.25, -0.2) is 0 Å². The minimum atomic E-state index is -0.247. The van der Waals surface area contributed by atoms with E-state index in [-0.39, 0.29) is 18.4 Å². The normalized spacial score (nSPS) is 10.0. The van der Waals surface area contributed by atoms with Gasteiger partial charge in [-0.1, -0.05) is 11.6 Å². The van der Waals surface area contributed by atoms with Gasteiger partial charge in [0.25, 0.3) is 5.91 Å². The predicted molar refractivity (Wildman–Crippen MR) is 74.5 cm³/mol. The van der Waals surface area contributed by atoms with Crippen LogP contribution in [0.5, 0.6) is 0 Å². The first-order chi connectivity index (χ1) is 8.45. The zero-order valence-electron chi connectivity index (χ0n) is 10.8. The van der Waals surface area contributed by atoms with Crippen molar-refractivity contribution in [2.24, 2.45) is 0 Å². The van der Waals surface area contributed by atoms with E-state index in [1.807, 2.05) is 26.0 Å². The molecule has 0 aliphatic rings. The lowest BCUT2D eigenvalue weighted by atomic mass is 10.1. The number of benzene rings is 1. The molecule has 0 atom stereocenters. The molecular weight excluding hydrogens is 296 g/mol. The van der Waals surface area contributed by atoms with E-state index in [0.717, 1.165) is 10.0 Å². The molecule has 5 heteroatoms. The van der Waals surface area contributed by atoms with Gasteiger partial charge in [0, 0.05) is 18.1 Å². The summed E-state index contributed by atoms with van der Waals surface area (Å²) in [5.41, 5.74) is 1.54. The summed E-state index contributed by atoms with van der Waals surface area (Å²) in [5.74, 6) is -0.349. The van der Waals surface area contributed by atoms with Crippen LogP contribution in [0.4, 0.5) is 0 Å². The van der Waals surface area contributed by atoms with Gasteiger partial charge in [0.15, 0.2) is 0 Å².